The van der Waals surface area contributed by atoms with Gasteiger partial charge in [-0.15, -0.1) is 5.10 Å². The van der Waals surface area contributed by atoms with Crippen LogP contribution in [0.15, 0.2) is 70.9 Å². The molecule has 1 heterocycles. The van der Waals surface area contributed by atoms with E-state index in [9.17, 15) is 9.59 Å². The molecule has 2 N–H and O–H groups in total. The molecule has 0 bridgehead atoms. The molecule has 7 heteroatoms. The van der Waals surface area contributed by atoms with Gasteiger partial charge in [0, 0.05) is 13.0 Å². The first-order valence-corrected chi connectivity index (χ1v) is 10.0. The highest BCUT2D eigenvalue weighted by Gasteiger charge is 2.32. The minimum absolute atomic E-state index is 0.103. The summed E-state index contributed by atoms with van der Waals surface area (Å²) >= 11 is 1.24. The van der Waals surface area contributed by atoms with Crippen molar-refractivity contribution in [3.8, 4) is 0 Å². The Morgan fingerprint density at radius 1 is 1.11 bits per heavy atom. The standard InChI is InChI=1S/C21H22N4O2S/c1-2-17(16-11-7-4-8-12-16)24-25-21-23-20(27)18(28-21)13-19(26)22-14-15-9-5-3-6-10-15/h3-12,18H,2,13-14H2,1H3,(H,22,26)(H,23,25,27)/t18-/m1/s1. The first-order valence-electron chi connectivity index (χ1n) is 9.13. The first-order chi connectivity index (χ1) is 13.7. The predicted molar refractivity (Wildman–Crippen MR) is 113 cm³/mol. The maximum Gasteiger partial charge on any atom is 0.240 e. The Morgan fingerprint density at radius 2 is 1.79 bits per heavy atom. The minimum atomic E-state index is -0.494. The molecule has 1 aliphatic heterocycles. The monoisotopic (exact) mass is 394 g/mol. The average Bonchev–Trinajstić information content (AvgIpc) is 3.07. The zero-order valence-corrected chi connectivity index (χ0v) is 16.4. The Balaban J connectivity index is 1.56. The zero-order valence-electron chi connectivity index (χ0n) is 15.6. The molecule has 2 aromatic carbocycles. The van der Waals surface area contributed by atoms with E-state index in [4.69, 9.17) is 0 Å². The molecule has 0 radical (unpaired) electrons. The van der Waals surface area contributed by atoms with Gasteiger partial charge >= 0.3 is 0 Å². The van der Waals surface area contributed by atoms with E-state index >= 15 is 0 Å². The van der Waals surface area contributed by atoms with Crippen molar-refractivity contribution >= 4 is 34.5 Å². The Bertz CT molecular complexity index is 882. The van der Waals surface area contributed by atoms with Gasteiger partial charge in [0.05, 0.1) is 5.71 Å². The van der Waals surface area contributed by atoms with Crippen LogP contribution >= 0.6 is 11.8 Å². The lowest BCUT2D eigenvalue weighted by molar-refractivity contribution is -0.125. The van der Waals surface area contributed by atoms with Crippen LogP contribution in [-0.4, -0.2) is 27.9 Å². The van der Waals surface area contributed by atoms with Crippen molar-refractivity contribution in [2.24, 2.45) is 10.2 Å². The fourth-order valence-electron chi connectivity index (χ4n) is 2.69. The Hall–Kier alpha value is -2.93. The molecule has 0 aromatic heterocycles. The Morgan fingerprint density at radius 3 is 2.46 bits per heavy atom. The summed E-state index contributed by atoms with van der Waals surface area (Å²) in [4.78, 5) is 24.3. The van der Waals surface area contributed by atoms with Crippen molar-refractivity contribution in [1.82, 2.24) is 10.6 Å². The fourth-order valence-corrected chi connectivity index (χ4v) is 3.61. The summed E-state index contributed by atoms with van der Waals surface area (Å²) in [5.41, 5.74) is 2.86. The number of thioether (sulfide) groups is 1. The van der Waals surface area contributed by atoms with Crippen LogP contribution in [-0.2, 0) is 16.1 Å². The molecule has 28 heavy (non-hydrogen) atoms. The van der Waals surface area contributed by atoms with Crippen LogP contribution < -0.4 is 10.6 Å². The number of nitrogens with one attached hydrogen (secondary N) is 2. The third kappa shape index (κ3) is 5.53. The number of nitrogens with zero attached hydrogens (tertiary/aromatic N) is 2. The van der Waals surface area contributed by atoms with Gasteiger partial charge in [-0.1, -0.05) is 79.3 Å². The molecule has 144 valence electrons. The number of hydrogen-bond acceptors (Lipinski definition) is 5. The van der Waals surface area contributed by atoms with E-state index < -0.39 is 5.25 Å². The molecule has 0 saturated carbocycles. The highest BCUT2D eigenvalue weighted by Crippen LogP contribution is 2.22. The van der Waals surface area contributed by atoms with Gasteiger partial charge in [-0.3, -0.25) is 9.59 Å². The number of carbonyl (C=O) groups excluding carboxylic acids is 2. The van der Waals surface area contributed by atoms with Gasteiger partial charge in [0.1, 0.15) is 5.25 Å². The molecular formula is C21H22N4O2S. The van der Waals surface area contributed by atoms with Gasteiger partial charge in [0.25, 0.3) is 0 Å². The van der Waals surface area contributed by atoms with Crippen molar-refractivity contribution < 1.29 is 9.59 Å². The van der Waals surface area contributed by atoms with Crippen molar-refractivity contribution in [2.45, 2.75) is 31.6 Å². The van der Waals surface area contributed by atoms with E-state index in [0.717, 1.165) is 23.3 Å². The van der Waals surface area contributed by atoms with Gasteiger partial charge in [-0.2, -0.15) is 5.10 Å². The zero-order chi connectivity index (χ0) is 19.8. The molecule has 3 rings (SSSR count). The summed E-state index contributed by atoms with van der Waals surface area (Å²) in [5, 5.41) is 13.9. The van der Waals surface area contributed by atoms with Crippen LogP contribution in [0.2, 0.25) is 0 Å². The van der Waals surface area contributed by atoms with Crippen LogP contribution in [0.25, 0.3) is 0 Å². The van der Waals surface area contributed by atoms with E-state index in [0.29, 0.717) is 11.7 Å². The average molecular weight is 395 g/mol. The predicted octanol–water partition coefficient (Wildman–Crippen LogP) is 3.09. The number of amides is 2. The first kappa shape index (κ1) is 19.8. The molecule has 1 atom stereocenters. The third-order valence-electron chi connectivity index (χ3n) is 4.18. The summed E-state index contributed by atoms with van der Waals surface area (Å²) in [6, 6.07) is 19.4. The van der Waals surface area contributed by atoms with Crippen LogP contribution in [0.1, 0.15) is 30.9 Å². The Labute approximate surface area is 168 Å². The molecule has 1 aliphatic rings. The second-order valence-electron chi connectivity index (χ2n) is 6.23. The van der Waals surface area contributed by atoms with Crippen LogP contribution in [0, 0.1) is 0 Å². The van der Waals surface area contributed by atoms with Crippen molar-refractivity contribution in [1.29, 1.82) is 0 Å². The van der Waals surface area contributed by atoms with Gasteiger partial charge in [0.15, 0.2) is 5.17 Å². The van der Waals surface area contributed by atoms with Crippen molar-refractivity contribution in [2.75, 3.05) is 0 Å². The lowest BCUT2D eigenvalue weighted by Crippen LogP contribution is -2.31. The van der Waals surface area contributed by atoms with Gasteiger partial charge in [0.2, 0.25) is 11.8 Å². The molecule has 6 nitrogen and oxygen atoms in total. The molecule has 1 saturated heterocycles. The highest BCUT2D eigenvalue weighted by atomic mass is 32.2. The summed E-state index contributed by atoms with van der Waals surface area (Å²) < 4.78 is 0. The molecule has 1 fully saturated rings. The van der Waals surface area contributed by atoms with E-state index in [1.807, 2.05) is 67.6 Å². The maximum absolute atomic E-state index is 12.2. The van der Waals surface area contributed by atoms with E-state index in [2.05, 4.69) is 20.8 Å². The van der Waals surface area contributed by atoms with E-state index in [1.54, 1.807) is 0 Å². The van der Waals surface area contributed by atoms with Gasteiger partial charge < -0.3 is 10.6 Å². The van der Waals surface area contributed by atoms with Crippen LogP contribution in [0.3, 0.4) is 0 Å². The number of amidine groups is 1. The topological polar surface area (TPSA) is 82.9 Å². The molecule has 0 unspecified atom stereocenters. The summed E-state index contributed by atoms with van der Waals surface area (Å²) in [6.07, 6.45) is 0.829. The second-order valence-corrected chi connectivity index (χ2v) is 7.43. The minimum Gasteiger partial charge on any atom is -0.352 e. The summed E-state index contributed by atoms with van der Waals surface area (Å²) in [5.74, 6) is -0.383. The van der Waals surface area contributed by atoms with Crippen LogP contribution in [0.4, 0.5) is 0 Å². The number of benzene rings is 2. The van der Waals surface area contributed by atoms with Gasteiger partial charge in [-0.25, -0.2) is 0 Å². The molecular weight excluding hydrogens is 372 g/mol. The lowest BCUT2D eigenvalue weighted by atomic mass is 10.1. The van der Waals surface area contributed by atoms with Gasteiger partial charge in [-0.05, 0) is 17.5 Å². The van der Waals surface area contributed by atoms with E-state index in [1.165, 1.54) is 11.8 Å². The lowest BCUT2D eigenvalue weighted by Gasteiger charge is -2.07. The summed E-state index contributed by atoms with van der Waals surface area (Å²) in [6.45, 7) is 2.45. The Kier molecular flexibility index (Phi) is 6.97. The highest BCUT2D eigenvalue weighted by molar-refractivity contribution is 8.15. The third-order valence-corrected chi connectivity index (χ3v) is 5.26. The van der Waals surface area contributed by atoms with Crippen LogP contribution in [0.5, 0.6) is 0 Å². The van der Waals surface area contributed by atoms with Crippen molar-refractivity contribution in [3.63, 3.8) is 0 Å². The second kappa shape index (κ2) is 9.85. The van der Waals surface area contributed by atoms with E-state index in [-0.39, 0.29) is 18.2 Å². The molecule has 0 spiro atoms. The quantitative estimate of drug-likeness (QED) is 0.559. The molecule has 0 aliphatic carbocycles. The maximum atomic E-state index is 12.2. The number of rotatable bonds is 7. The normalized spacial score (nSPS) is 18.2. The smallest absolute Gasteiger partial charge is 0.240 e. The summed E-state index contributed by atoms with van der Waals surface area (Å²) in [7, 11) is 0. The fraction of sp³-hybridized carbons (Fsp3) is 0.238. The van der Waals surface area contributed by atoms with Crippen molar-refractivity contribution in [3.05, 3.63) is 71.8 Å². The SMILES string of the molecule is CCC(=NN=C1NC(=O)[C@@H](CC(=O)NCc2ccccc2)S1)c1ccccc1. The number of carbonyl (C=O) groups is 2. The largest absolute Gasteiger partial charge is 0.352 e. The molecule has 2 aromatic rings. The molecule has 2 amide bonds. The number of hydrogen-bond donors (Lipinski definition) is 2.